The minimum atomic E-state index is 0.714. The van der Waals surface area contributed by atoms with Crippen LogP contribution < -0.4 is 0 Å². The highest BCUT2D eigenvalue weighted by Gasteiger charge is 2.02. The molecule has 2 rings (SSSR count). The number of rotatable bonds is 1. The number of aryl methyl sites for hydroxylation is 1. The van der Waals surface area contributed by atoms with E-state index in [-0.39, 0.29) is 0 Å². The van der Waals surface area contributed by atoms with Gasteiger partial charge in [0.15, 0.2) is 0 Å². The molecule has 0 atom stereocenters. The van der Waals surface area contributed by atoms with Gasteiger partial charge in [0.05, 0.1) is 11.4 Å². The maximum absolute atomic E-state index is 5.86. The molecule has 3 heteroatoms. The third-order valence-corrected chi connectivity index (χ3v) is 2.16. The molecule has 66 valence electrons. The molecule has 0 fully saturated rings. The molecule has 0 amide bonds. The summed E-state index contributed by atoms with van der Waals surface area (Å²) >= 11 is 5.86. The largest absolute Gasteiger partial charge is 0.349 e. The number of hydrogen-bond donors (Lipinski definition) is 0. The summed E-state index contributed by atoms with van der Waals surface area (Å²) in [4.78, 5) is 4.24. The second kappa shape index (κ2) is 3.23. The summed E-state index contributed by atoms with van der Waals surface area (Å²) in [5, 5.41) is 0.714. The molecule has 0 bridgehead atoms. The van der Waals surface area contributed by atoms with Gasteiger partial charge < -0.3 is 4.57 Å². The van der Waals surface area contributed by atoms with Crippen molar-refractivity contribution in [2.75, 3.05) is 0 Å². The zero-order valence-electron chi connectivity index (χ0n) is 7.24. The molecular formula is C10H9ClN2. The van der Waals surface area contributed by atoms with Crippen LogP contribution in [0.25, 0.3) is 11.4 Å². The van der Waals surface area contributed by atoms with E-state index in [2.05, 4.69) is 4.98 Å². The van der Waals surface area contributed by atoms with Gasteiger partial charge in [0.25, 0.3) is 0 Å². The molecule has 2 aromatic heterocycles. The Kier molecular flexibility index (Phi) is 2.07. The fraction of sp³-hybridized carbons (Fsp3) is 0.100. The molecule has 0 saturated heterocycles. The first kappa shape index (κ1) is 8.32. The van der Waals surface area contributed by atoms with Gasteiger partial charge in [-0.25, -0.2) is 0 Å². The molecule has 0 aliphatic heterocycles. The number of hydrogen-bond acceptors (Lipinski definition) is 1. The summed E-state index contributed by atoms with van der Waals surface area (Å²) < 4.78 is 2.01. The van der Waals surface area contributed by atoms with Gasteiger partial charge in [-0.2, -0.15) is 0 Å². The summed E-state index contributed by atoms with van der Waals surface area (Å²) in [5.41, 5.74) is 1.97. The summed E-state index contributed by atoms with van der Waals surface area (Å²) in [6, 6.07) is 7.63. The fourth-order valence-corrected chi connectivity index (χ4v) is 1.43. The molecule has 0 unspecified atom stereocenters. The molecule has 0 N–H and O–H groups in total. The third-order valence-electron chi connectivity index (χ3n) is 1.93. The van der Waals surface area contributed by atoms with Gasteiger partial charge in [0.2, 0.25) is 0 Å². The van der Waals surface area contributed by atoms with E-state index in [1.165, 1.54) is 0 Å². The SMILES string of the molecule is Cn1cccc1-c1cc(Cl)ccn1. The number of pyridine rings is 1. The lowest BCUT2D eigenvalue weighted by atomic mass is 10.3. The van der Waals surface area contributed by atoms with Crippen LogP contribution in [0.15, 0.2) is 36.7 Å². The van der Waals surface area contributed by atoms with E-state index < -0.39 is 0 Å². The van der Waals surface area contributed by atoms with Crippen LogP contribution in [-0.2, 0) is 7.05 Å². The van der Waals surface area contributed by atoms with Gasteiger partial charge in [-0.3, -0.25) is 4.98 Å². The highest BCUT2D eigenvalue weighted by atomic mass is 35.5. The molecule has 0 aromatic carbocycles. The van der Waals surface area contributed by atoms with Gasteiger partial charge in [0.1, 0.15) is 0 Å². The molecule has 2 heterocycles. The maximum Gasteiger partial charge on any atom is 0.0881 e. The lowest BCUT2D eigenvalue weighted by Crippen LogP contribution is -1.91. The maximum atomic E-state index is 5.86. The van der Waals surface area contributed by atoms with Crippen molar-refractivity contribution in [2.24, 2.45) is 7.05 Å². The lowest BCUT2D eigenvalue weighted by Gasteiger charge is -2.01. The van der Waals surface area contributed by atoms with Gasteiger partial charge in [-0.15, -0.1) is 0 Å². The predicted molar refractivity (Wildman–Crippen MR) is 53.7 cm³/mol. The van der Waals surface area contributed by atoms with Gasteiger partial charge >= 0.3 is 0 Å². The molecule has 0 radical (unpaired) electrons. The van der Waals surface area contributed by atoms with Crippen molar-refractivity contribution in [1.29, 1.82) is 0 Å². The van der Waals surface area contributed by atoms with Crippen LogP contribution in [-0.4, -0.2) is 9.55 Å². The molecule has 13 heavy (non-hydrogen) atoms. The summed E-state index contributed by atoms with van der Waals surface area (Å²) in [6.07, 6.45) is 3.70. The Labute approximate surface area is 81.8 Å². The average Bonchev–Trinajstić information content (AvgIpc) is 2.51. The second-order valence-electron chi connectivity index (χ2n) is 2.86. The number of nitrogens with zero attached hydrogens (tertiary/aromatic N) is 2. The molecule has 2 nitrogen and oxygen atoms in total. The van der Waals surface area contributed by atoms with E-state index in [1.807, 2.05) is 36.0 Å². The number of aromatic nitrogens is 2. The Balaban J connectivity index is 2.53. The minimum Gasteiger partial charge on any atom is -0.349 e. The second-order valence-corrected chi connectivity index (χ2v) is 3.30. The van der Waals surface area contributed by atoms with E-state index >= 15 is 0 Å². The van der Waals surface area contributed by atoms with Crippen molar-refractivity contribution in [3.8, 4) is 11.4 Å². The molecule has 2 aromatic rings. The Bertz CT molecular complexity index is 420. The Morgan fingerprint density at radius 1 is 1.38 bits per heavy atom. The van der Waals surface area contributed by atoms with E-state index in [0.29, 0.717) is 5.02 Å². The highest BCUT2D eigenvalue weighted by molar-refractivity contribution is 6.30. The van der Waals surface area contributed by atoms with Crippen molar-refractivity contribution in [3.05, 3.63) is 41.7 Å². The van der Waals surface area contributed by atoms with Crippen molar-refractivity contribution in [1.82, 2.24) is 9.55 Å². The molecule has 0 aliphatic rings. The van der Waals surface area contributed by atoms with Crippen LogP contribution in [0.2, 0.25) is 5.02 Å². The van der Waals surface area contributed by atoms with Crippen LogP contribution >= 0.6 is 11.6 Å². The van der Waals surface area contributed by atoms with Gasteiger partial charge in [0, 0.05) is 24.5 Å². The average molecular weight is 193 g/mol. The van der Waals surface area contributed by atoms with Crippen LogP contribution in [0.4, 0.5) is 0 Å². The summed E-state index contributed by atoms with van der Waals surface area (Å²) in [5.74, 6) is 0. The Hall–Kier alpha value is -1.28. The van der Waals surface area contributed by atoms with Crippen molar-refractivity contribution in [2.45, 2.75) is 0 Å². The van der Waals surface area contributed by atoms with Crippen molar-refractivity contribution in [3.63, 3.8) is 0 Å². The van der Waals surface area contributed by atoms with Crippen LogP contribution in [0.1, 0.15) is 0 Å². The minimum absolute atomic E-state index is 0.714. The van der Waals surface area contributed by atoms with E-state index in [0.717, 1.165) is 11.4 Å². The first-order chi connectivity index (χ1) is 6.27. The van der Waals surface area contributed by atoms with Gasteiger partial charge in [-0.05, 0) is 24.3 Å². The normalized spacial score (nSPS) is 10.3. The standard InChI is InChI=1S/C10H9ClN2/c1-13-6-2-3-10(13)9-7-8(11)4-5-12-9/h2-7H,1H3. The first-order valence-electron chi connectivity index (χ1n) is 4.00. The molecule has 0 saturated carbocycles. The van der Waals surface area contributed by atoms with Gasteiger partial charge in [-0.1, -0.05) is 11.6 Å². The zero-order chi connectivity index (χ0) is 9.26. The highest BCUT2D eigenvalue weighted by Crippen LogP contribution is 2.19. The van der Waals surface area contributed by atoms with E-state index in [4.69, 9.17) is 11.6 Å². The van der Waals surface area contributed by atoms with Crippen LogP contribution in [0.5, 0.6) is 0 Å². The van der Waals surface area contributed by atoms with E-state index in [1.54, 1.807) is 12.3 Å². The fourth-order valence-electron chi connectivity index (χ4n) is 1.27. The monoisotopic (exact) mass is 192 g/mol. The van der Waals surface area contributed by atoms with Crippen LogP contribution in [0, 0.1) is 0 Å². The molecule has 0 spiro atoms. The summed E-state index contributed by atoms with van der Waals surface area (Å²) in [6.45, 7) is 0. The van der Waals surface area contributed by atoms with E-state index in [9.17, 15) is 0 Å². The molecular weight excluding hydrogens is 184 g/mol. The lowest BCUT2D eigenvalue weighted by molar-refractivity contribution is 0.931. The Morgan fingerprint density at radius 2 is 2.23 bits per heavy atom. The van der Waals surface area contributed by atoms with Crippen molar-refractivity contribution < 1.29 is 0 Å². The number of halogens is 1. The molecule has 0 aliphatic carbocycles. The third kappa shape index (κ3) is 1.58. The predicted octanol–water partition coefficient (Wildman–Crippen LogP) is 2.74. The van der Waals surface area contributed by atoms with Crippen LogP contribution in [0.3, 0.4) is 0 Å². The quantitative estimate of drug-likeness (QED) is 0.680. The zero-order valence-corrected chi connectivity index (χ0v) is 7.99. The van der Waals surface area contributed by atoms with Crippen molar-refractivity contribution >= 4 is 11.6 Å². The first-order valence-corrected chi connectivity index (χ1v) is 4.38. The summed E-state index contributed by atoms with van der Waals surface area (Å²) in [7, 11) is 1.98. The topological polar surface area (TPSA) is 17.8 Å². The Morgan fingerprint density at radius 3 is 2.85 bits per heavy atom. The smallest absolute Gasteiger partial charge is 0.0881 e.